The van der Waals surface area contributed by atoms with Gasteiger partial charge in [-0.2, -0.15) is 0 Å². The number of ether oxygens (including phenoxy) is 1. The van der Waals surface area contributed by atoms with Gasteiger partial charge >= 0.3 is 0 Å². The van der Waals surface area contributed by atoms with Crippen LogP contribution in [0, 0.1) is 0 Å². The van der Waals surface area contributed by atoms with Gasteiger partial charge in [0.25, 0.3) is 0 Å². The monoisotopic (exact) mass is 288 g/mol. The second-order valence-corrected chi connectivity index (χ2v) is 5.66. The quantitative estimate of drug-likeness (QED) is 0.880. The van der Waals surface area contributed by atoms with Crippen molar-refractivity contribution < 1.29 is 14.3 Å². The number of amides is 2. The van der Waals surface area contributed by atoms with Gasteiger partial charge in [0.2, 0.25) is 11.8 Å². The van der Waals surface area contributed by atoms with Crippen LogP contribution in [-0.2, 0) is 27.2 Å². The summed E-state index contributed by atoms with van der Waals surface area (Å²) in [6, 6.07) is 5.80. The van der Waals surface area contributed by atoms with Crippen LogP contribution in [0.5, 0.6) is 0 Å². The third-order valence-electron chi connectivity index (χ3n) is 3.98. The molecule has 2 aliphatic heterocycles. The zero-order valence-corrected chi connectivity index (χ0v) is 12.0. The van der Waals surface area contributed by atoms with Crippen LogP contribution < -0.4 is 10.6 Å². The number of hydrogen-bond donors (Lipinski definition) is 2. The van der Waals surface area contributed by atoms with E-state index in [2.05, 4.69) is 10.6 Å². The lowest BCUT2D eigenvalue weighted by Gasteiger charge is -2.17. The lowest BCUT2D eigenvalue weighted by atomic mass is 9.99. The molecule has 2 heterocycles. The summed E-state index contributed by atoms with van der Waals surface area (Å²) < 4.78 is 5.48. The van der Waals surface area contributed by atoms with Gasteiger partial charge in [0.1, 0.15) is 0 Å². The topological polar surface area (TPSA) is 67.4 Å². The largest absolute Gasteiger partial charge is 0.376 e. The average molecular weight is 288 g/mol. The highest BCUT2D eigenvalue weighted by molar-refractivity contribution is 5.94. The molecule has 1 saturated heterocycles. The summed E-state index contributed by atoms with van der Waals surface area (Å²) in [6.45, 7) is 1.40. The highest BCUT2D eigenvalue weighted by Crippen LogP contribution is 2.23. The van der Waals surface area contributed by atoms with Gasteiger partial charge in [0.05, 0.1) is 12.5 Å². The highest BCUT2D eigenvalue weighted by Gasteiger charge is 2.17. The van der Waals surface area contributed by atoms with E-state index in [9.17, 15) is 9.59 Å². The Balaban J connectivity index is 1.54. The minimum absolute atomic E-state index is 0.0188. The third-order valence-corrected chi connectivity index (χ3v) is 3.98. The van der Waals surface area contributed by atoms with Gasteiger partial charge < -0.3 is 15.4 Å². The molecule has 0 aromatic heterocycles. The minimum Gasteiger partial charge on any atom is -0.376 e. The van der Waals surface area contributed by atoms with Crippen molar-refractivity contribution in [1.82, 2.24) is 5.32 Å². The second kappa shape index (κ2) is 6.26. The molecular weight excluding hydrogens is 268 g/mol. The average Bonchev–Trinajstić information content (AvgIpc) is 2.99. The number of rotatable bonds is 4. The summed E-state index contributed by atoms with van der Waals surface area (Å²) in [4.78, 5) is 23.3. The molecule has 0 spiro atoms. The molecule has 112 valence electrons. The molecule has 0 saturated carbocycles. The number of carbonyl (C=O) groups is 2. The van der Waals surface area contributed by atoms with Gasteiger partial charge in [-0.1, -0.05) is 12.1 Å². The zero-order valence-electron chi connectivity index (χ0n) is 12.0. The third kappa shape index (κ3) is 3.61. The predicted octanol–water partition coefficient (Wildman–Crippen LogP) is 1.41. The van der Waals surface area contributed by atoms with E-state index in [0.29, 0.717) is 19.4 Å². The number of hydrogen-bond acceptors (Lipinski definition) is 3. The maximum atomic E-state index is 12.0. The second-order valence-electron chi connectivity index (χ2n) is 5.66. The van der Waals surface area contributed by atoms with E-state index in [1.54, 1.807) is 0 Å². The van der Waals surface area contributed by atoms with Crippen molar-refractivity contribution in [3.8, 4) is 0 Å². The van der Waals surface area contributed by atoms with Crippen LogP contribution in [0.25, 0.3) is 0 Å². The molecular formula is C16H20N2O3. The fraction of sp³-hybridized carbons (Fsp3) is 0.500. The summed E-state index contributed by atoms with van der Waals surface area (Å²) in [6.07, 6.45) is 3.91. The molecule has 21 heavy (non-hydrogen) atoms. The Morgan fingerprint density at radius 3 is 3.10 bits per heavy atom. The first-order valence-electron chi connectivity index (χ1n) is 7.50. The maximum Gasteiger partial charge on any atom is 0.224 e. The summed E-state index contributed by atoms with van der Waals surface area (Å²) in [5.41, 5.74) is 2.96. The Kier molecular flexibility index (Phi) is 4.20. The van der Waals surface area contributed by atoms with E-state index in [1.165, 1.54) is 0 Å². The highest BCUT2D eigenvalue weighted by atomic mass is 16.5. The Hall–Kier alpha value is -1.88. The Bertz CT molecular complexity index is 550. The first kappa shape index (κ1) is 14.1. The van der Waals surface area contributed by atoms with E-state index in [1.807, 2.05) is 18.2 Å². The van der Waals surface area contributed by atoms with Crippen LogP contribution >= 0.6 is 0 Å². The molecule has 2 N–H and O–H groups in total. The van der Waals surface area contributed by atoms with Crippen molar-refractivity contribution in [3.05, 3.63) is 29.3 Å². The molecule has 5 nitrogen and oxygen atoms in total. The van der Waals surface area contributed by atoms with Crippen molar-refractivity contribution in [2.24, 2.45) is 0 Å². The van der Waals surface area contributed by atoms with E-state index in [4.69, 9.17) is 4.74 Å². The first-order chi connectivity index (χ1) is 10.2. The predicted molar refractivity (Wildman–Crippen MR) is 79.1 cm³/mol. The molecule has 3 rings (SSSR count). The molecule has 1 atom stereocenters. The fourth-order valence-electron chi connectivity index (χ4n) is 2.83. The molecule has 1 unspecified atom stereocenters. The lowest BCUT2D eigenvalue weighted by Crippen LogP contribution is -2.32. The summed E-state index contributed by atoms with van der Waals surface area (Å²) >= 11 is 0. The number of aryl methyl sites for hydroxylation is 1. The van der Waals surface area contributed by atoms with Crippen LogP contribution in [0.1, 0.15) is 30.4 Å². The number of carbonyl (C=O) groups excluding carboxylic acids is 2. The first-order valence-corrected chi connectivity index (χ1v) is 7.50. The number of nitrogens with one attached hydrogen (secondary N) is 2. The van der Waals surface area contributed by atoms with Crippen LogP contribution in [0.4, 0.5) is 5.69 Å². The van der Waals surface area contributed by atoms with Crippen molar-refractivity contribution in [3.63, 3.8) is 0 Å². The SMILES string of the molecule is O=C(Cc1ccc2c(c1)CCC(=O)N2)NCC1CCCO1. The summed E-state index contributed by atoms with van der Waals surface area (Å²) in [7, 11) is 0. The van der Waals surface area contributed by atoms with Crippen LogP contribution in [0.2, 0.25) is 0 Å². The number of anilines is 1. The standard InChI is InChI=1S/C16H20N2O3/c19-15-6-4-12-8-11(3-5-14(12)18-15)9-16(20)17-10-13-2-1-7-21-13/h3,5,8,13H,1-2,4,6-7,9-10H2,(H,17,20)(H,18,19). The van der Waals surface area contributed by atoms with Crippen molar-refractivity contribution in [2.45, 2.75) is 38.2 Å². The Labute approximate surface area is 124 Å². The van der Waals surface area contributed by atoms with Gasteiger partial charge in [-0.15, -0.1) is 0 Å². The van der Waals surface area contributed by atoms with Gasteiger partial charge in [0, 0.05) is 25.3 Å². The summed E-state index contributed by atoms with van der Waals surface area (Å²) in [5.74, 6) is 0.0786. The van der Waals surface area contributed by atoms with E-state index in [-0.39, 0.29) is 17.9 Å². The Morgan fingerprint density at radius 2 is 2.29 bits per heavy atom. The lowest BCUT2D eigenvalue weighted by molar-refractivity contribution is -0.121. The van der Waals surface area contributed by atoms with Crippen LogP contribution in [0.15, 0.2) is 18.2 Å². The van der Waals surface area contributed by atoms with E-state index in [0.717, 1.165) is 42.7 Å². The van der Waals surface area contributed by atoms with Gasteiger partial charge in [-0.3, -0.25) is 9.59 Å². The van der Waals surface area contributed by atoms with Crippen molar-refractivity contribution in [2.75, 3.05) is 18.5 Å². The zero-order chi connectivity index (χ0) is 14.7. The molecule has 1 fully saturated rings. The van der Waals surface area contributed by atoms with E-state index >= 15 is 0 Å². The molecule has 2 amide bonds. The van der Waals surface area contributed by atoms with E-state index < -0.39 is 0 Å². The molecule has 0 bridgehead atoms. The fourth-order valence-corrected chi connectivity index (χ4v) is 2.83. The molecule has 2 aliphatic rings. The number of fused-ring (bicyclic) bond motifs is 1. The molecule has 0 aliphatic carbocycles. The molecule has 1 aromatic rings. The van der Waals surface area contributed by atoms with Crippen molar-refractivity contribution >= 4 is 17.5 Å². The minimum atomic E-state index is 0.0188. The van der Waals surface area contributed by atoms with Crippen LogP contribution in [-0.4, -0.2) is 31.1 Å². The van der Waals surface area contributed by atoms with Crippen molar-refractivity contribution in [1.29, 1.82) is 0 Å². The maximum absolute atomic E-state index is 12.0. The summed E-state index contributed by atoms with van der Waals surface area (Å²) in [5, 5.41) is 5.77. The van der Waals surface area contributed by atoms with Gasteiger partial charge in [-0.05, 0) is 36.5 Å². The Morgan fingerprint density at radius 1 is 1.38 bits per heavy atom. The number of benzene rings is 1. The van der Waals surface area contributed by atoms with Gasteiger partial charge in [0.15, 0.2) is 0 Å². The molecule has 1 aromatic carbocycles. The normalized spacial score (nSPS) is 20.8. The van der Waals surface area contributed by atoms with Gasteiger partial charge in [-0.25, -0.2) is 0 Å². The van der Waals surface area contributed by atoms with Crippen LogP contribution in [0.3, 0.4) is 0 Å². The smallest absolute Gasteiger partial charge is 0.224 e. The molecule has 0 radical (unpaired) electrons. The molecule has 5 heteroatoms.